The van der Waals surface area contributed by atoms with Gasteiger partial charge in [-0.1, -0.05) is 121 Å². The average Bonchev–Trinajstić information content (AvgIpc) is 3.19. The minimum atomic E-state index is -0.258. The Labute approximate surface area is 294 Å². The number of hydrogen-bond acceptors (Lipinski definition) is 2. The minimum Gasteiger partial charge on any atom is -0.336 e. The summed E-state index contributed by atoms with van der Waals surface area (Å²) in [6.45, 7) is 0.630. The van der Waals surface area contributed by atoms with Gasteiger partial charge in [-0.2, -0.15) is 5.26 Å². The van der Waals surface area contributed by atoms with E-state index in [-0.39, 0.29) is 5.82 Å². The van der Waals surface area contributed by atoms with Crippen LogP contribution in [0.3, 0.4) is 0 Å². The van der Waals surface area contributed by atoms with Crippen LogP contribution in [-0.4, -0.2) is 0 Å². The summed E-state index contributed by atoms with van der Waals surface area (Å²) in [7, 11) is 0. The molecule has 51 heavy (non-hydrogen) atoms. The van der Waals surface area contributed by atoms with E-state index < -0.39 is 0 Å². The van der Waals surface area contributed by atoms with Gasteiger partial charge in [-0.25, -0.2) is 4.39 Å². The monoisotopic (exact) mass is 652 g/mol. The van der Waals surface area contributed by atoms with Gasteiger partial charge in [-0.3, -0.25) is 0 Å². The van der Waals surface area contributed by atoms with E-state index in [4.69, 9.17) is 0 Å². The molecule has 3 heteroatoms. The first-order valence-corrected chi connectivity index (χ1v) is 17.2. The number of nitrogens with zero attached hydrogens (tertiary/aromatic N) is 2. The fourth-order valence-corrected chi connectivity index (χ4v) is 8.33. The molecule has 1 heterocycles. The van der Waals surface area contributed by atoms with Crippen molar-refractivity contribution in [1.29, 1.82) is 5.26 Å². The predicted octanol–water partition coefficient (Wildman–Crippen LogP) is 13.0. The third-order valence-electron chi connectivity index (χ3n) is 10.6. The molecule has 0 saturated carbocycles. The summed E-state index contributed by atoms with van der Waals surface area (Å²) in [5.41, 5.74) is 10.9. The zero-order valence-electron chi connectivity index (χ0n) is 27.6. The molecule has 0 spiro atoms. The first-order chi connectivity index (χ1) is 25.2. The predicted molar refractivity (Wildman–Crippen MR) is 210 cm³/mol. The summed E-state index contributed by atoms with van der Waals surface area (Å²) < 4.78 is 14.0. The summed E-state index contributed by atoms with van der Waals surface area (Å²) in [4.78, 5) is 2.26. The topological polar surface area (TPSA) is 27.0 Å². The van der Waals surface area contributed by atoms with Crippen molar-refractivity contribution in [3.8, 4) is 39.4 Å². The lowest BCUT2D eigenvalue weighted by molar-refractivity contribution is 0.627. The summed E-state index contributed by atoms with van der Waals surface area (Å²) >= 11 is 0. The third kappa shape index (κ3) is 4.47. The largest absolute Gasteiger partial charge is 0.336 e. The maximum Gasteiger partial charge on any atom is 0.123 e. The molecular formula is C48H29FN2. The van der Waals surface area contributed by atoms with Crippen LogP contribution in [0.4, 0.5) is 15.8 Å². The van der Waals surface area contributed by atoms with Crippen molar-refractivity contribution >= 4 is 54.5 Å². The van der Waals surface area contributed by atoms with E-state index in [0.29, 0.717) is 12.1 Å². The van der Waals surface area contributed by atoms with Gasteiger partial charge in [-0.05, 0) is 114 Å². The maximum absolute atomic E-state index is 14.0. The Morgan fingerprint density at radius 3 is 1.78 bits per heavy atom. The molecule has 0 bridgehead atoms. The summed E-state index contributed by atoms with van der Waals surface area (Å²) in [6.07, 6.45) is 0. The molecule has 238 valence electrons. The smallest absolute Gasteiger partial charge is 0.123 e. The van der Waals surface area contributed by atoms with E-state index in [2.05, 4.69) is 144 Å². The van der Waals surface area contributed by atoms with Crippen LogP contribution < -0.4 is 4.90 Å². The van der Waals surface area contributed by atoms with Crippen molar-refractivity contribution in [3.05, 3.63) is 181 Å². The molecule has 0 unspecified atom stereocenters. The highest BCUT2D eigenvalue weighted by atomic mass is 19.1. The Hall–Kier alpha value is -6.76. The molecule has 1 aliphatic heterocycles. The van der Waals surface area contributed by atoms with Crippen LogP contribution in [0.25, 0.3) is 76.5 Å². The Balaban J connectivity index is 1.29. The normalized spacial score (nSPS) is 12.3. The number of halogens is 1. The highest BCUT2D eigenvalue weighted by Gasteiger charge is 2.25. The van der Waals surface area contributed by atoms with Crippen LogP contribution in [0.15, 0.2) is 164 Å². The van der Waals surface area contributed by atoms with Crippen molar-refractivity contribution in [1.82, 2.24) is 0 Å². The van der Waals surface area contributed by atoms with Gasteiger partial charge in [0.1, 0.15) is 5.82 Å². The molecule has 10 rings (SSSR count). The zero-order chi connectivity index (χ0) is 34.1. The van der Waals surface area contributed by atoms with E-state index in [9.17, 15) is 9.65 Å². The van der Waals surface area contributed by atoms with E-state index >= 15 is 0 Å². The molecule has 0 atom stereocenters. The molecule has 0 fully saturated rings. The molecule has 1 aliphatic rings. The number of nitriles is 1. The van der Waals surface area contributed by atoms with Crippen LogP contribution in [0, 0.1) is 17.1 Å². The third-order valence-corrected chi connectivity index (χ3v) is 10.6. The lowest BCUT2D eigenvalue weighted by Gasteiger charge is -2.32. The fraction of sp³-hybridized carbons (Fsp3) is 0.0208. The second kappa shape index (κ2) is 11.4. The van der Waals surface area contributed by atoms with Gasteiger partial charge in [0.25, 0.3) is 0 Å². The van der Waals surface area contributed by atoms with Gasteiger partial charge in [0.05, 0.1) is 11.6 Å². The average molecular weight is 653 g/mol. The first-order valence-electron chi connectivity index (χ1n) is 17.2. The second-order valence-electron chi connectivity index (χ2n) is 13.3. The van der Waals surface area contributed by atoms with Crippen LogP contribution in [-0.2, 0) is 6.54 Å². The van der Waals surface area contributed by atoms with Gasteiger partial charge < -0.3 is 4.90 Å². The number of fused-ring (bicyclic) bond motifs is 2. The van der Waals surface area contributed by atoms with Gasteiger partial charge in [0.2, 0.25) is 0 Å². The van der Waals surface area contributed by atoms with Gasteiger partial charge in [0, 0.05) is 28.7 Å². The van der Waals surface area contributed by atoms with Crippen molar-refractivity contribution < 1.29 is 4.39 Å². The number of rotatable bonds is 4. The molecule has 9 aromatic carbocycles. The molecule has 0 aromatic heterocycles. The van der Waals surface area contributed by atoms with E-state index in [0.717, 1.165) is 49.6 Å². The van der Waals surface area contributed by atoms with Gasteiger partial charge in [-0.15, -0.1) is 0 Å². The van der Waals surface area contributed by atoms with Crippen LogP contribution in [0.2, 0.25) is 0 Å². The Bertz CT molecular complexity index is 2890. The van der Waals surface area contributed by atoms with Gasteiger partial charge >= 0.3 is 0 Å². The first kappa shape index (κ1) is 29.2. The number of hydrogen-bond donors (Lipinski definition) is 0. The quantitative estimate of drug-likeness (QED) is 0.140. The zero-order valence-corrected chi connectivity index (χ0v) is 27.6. The van der Waals surface area contributed by atoms with E-state index in [1.54, 1.807) is 0 Å². The highest BCUT2D eigenvalue weighted by Crippen LogP contribution is 2.49. The highest BCUT2D eigenvalue weighted by molar-refractivity contribution is 6.24. The van der Waals surface area contributed by atoms with Crippen molar-refractivity contribution in [2.45, 2.75) is 6.54 Å². The molecule has 0 aliphatic carbocycles. The van der Waals surface area contributed by atoms with Crippen LogP contribution >= 0.6 is 0 Å². The fourth-order valence-electron chi connectivity index (χ4n) is 8.33. The molecule has 0 saturated heterocycles. The Morgan fingerprint density at radius 2 is 1.10 bits per heavy atom. The van der Waals surface area contributed by atoms with E-state index in [1.165, 1.54) is 55.9 Å². The molecule has 0 radical (unpaired) electrons. The molecule has 0 amide bonds. The summed E-state index contributed by atoms with van der Waals surface area (Å²) in [6, 6.07) is 58.9. The van der Waals surface area contributed by atoms with Crippen molar-refractivity contribution in [3.63, 3.8) is 0 Å². The number of benzene rings is 9. The SMILES string of the molecule is N#Cc1ccc2c3c1ccc1c(-c4ccc5c(-c6ccccc6)c6ccccc6c(-c6ccccc6)c5c4)ccc(c13)N(c1ccc(F)cc1)C2. The Kier molecular flexibility index (Phi) is 6.53. The minimum absolute atomic E-state index is 0.258. The molecule has 2 nitrogen and oxygen atoms in total. The number of anilines is 2. The maximum atomic E-state index is 14.0. The summed E-state index contributed by atoms with van der Waals surface area (Å²) in [5.74, 6) is -0.258. The Morgan fingerprint density at radius 1 is 0.490 bits per heavy atom. The van der Waals surface area contributed by atoms with Crippen molar-refractivity contribution in [2.24, 2.45) is 0 Å². The lowest BCUT2D eigenvalue weighted by Crippen LogP contribution is -2.20. The van der Waals surface area contributed by atoms with Crippen molar-refractivity contribution in [2.75, 3.05) is 4.90 Å². The molecular weight excluding hydrogens is 624 g/mol. The molecule has 0 N–H and O–H groups in total. The van der Waals surface area contributed by atoms with Crippen LogP contribution in [0.5, 0.6) is 0 Å². The van der Waals surface area contributed by atoms with E-state index in [1.807, 2.05) is 18.2 Å². The molecule has 9 aromatic rings. The lowest BCUT2D eigenvalue weighted by atomic mass is 9.83. The van der Waals surface area contributed by atoms with Gasteiger partial charge in [0.15, 0.2) is 0 Å². The second-order valence-corrected chi connectivity index (χ2v) is 13.3. The standard InChI is InChI=1S/C48H29FN2/c49-35-18-20-36(21-19-35)51-29-34-16-15-33(28-50)38-23-24-41-37(25-26-44(51)48(41)47(34)38)32-17-22-42-43(27-32)46(31-11-5-2-6-12-31)40-14-8-7-13-39(40)45(42)30-9-3-1-4-10-30/h1-27H,29H2. The summed E-state index contributed by atoms with van der Waals surface area (Å²) in [5, 5.41) is 19.2. The van der Waals surface area contributed by atoms with Crippen LogP contribution in [0.1, 0.15) is 11.1 Å².